The van der Waals surface area contributed by atoms with Gasteiger partial charge in [-0.2, -0.15) is 0 Å². The number of halogens is 1. The summed E-state index contributed by atoms with van der Waals surface area (Å²) in [5.41, 5.74) is 2.36. The summed E-state index contributed by atoms with van der Waals surface area (Å²) < 4.78 is 38.2. The van der Waals surface area contributed by atoms with E-state index in [-0.39, 0.29) is 36.6 Å². The van der Waals surface area contributed by atoms with Gasteiger partial charge in [0.25, 0.3) is 0 Å². The van der Waals surface area contributed by atoms with Gasteiger partial charge >= 0.3 is 7.60 Å². The number of hydrogen-bond donors (Lipinski definition) is 3. The van der Waals surface area contributed by atoms with Crippen LogP contribution in [0.3, 0.4) is 0 Å². The molecule has 3 N–H and O–H groups in total. The summed E-state index contributed by atoms with van der Waals surface area (Å²) in [7, 11) is -3.67. The predicted molar refractivity (Wildman–Crippen MR) is 151 cm³/mol. The van der Waals surface area contributed by atoms with Crippen LogP contribution < -0.4 is 16.0 Å². The van der Waals surface area contributed by atoms with Crippen molar-refractivity contribution in [1.29, 1.82) is 0 Å². The maximum atomic E-state index is 13.7. The van der Waals surface area contributed by atoms with Crippen molar-refractivity contribution < 1.29 is 22.8 Å². The minimum absolute atomic E-state index is 0.122. The van der Waals surface area contributed by atoms with Crippen LogP contribution in [0.2, 0.25) is 0 Å². The number of nitrogens with one attached hydrogen (secondary N) is 3. The molecular weight excluding hydrogens is 524 g/mol. The molecule has 0 fully saturated rings. The Morgan fingerprint density at radius 1 is 0.868 bits per heavy atom. The van der Waals surface area contributed by atoms with Crippen molar-refractivity contribution >= 4 is 30.8 Å². The second kappa shape index (κ2) is 14.7. The third-order valence-corrected chi connectivity index (χ3v) is 8.13. The van der Waals surface area contributed by atoms with Crippen LogP contribution in [0.1, 0.15) is 36.3 Å². The largest absolute Gasteiger partial charge is 0.357 e. The van der Waals surface area contributed by atoms with E-state index < -0.39 is 19.4 Å². The Morgan fingerprint density at radius 3 is 2.03 bits per heavy atom. The molecule has 0 saturated carbocycles. The van der Waals surface area contributed by atoms with Crippen LogP contribution in [0.15, 0.2) is 84.9 Å². The second-order valence-electron chi connectivity index (χ2n) is 8.39. The van der Waals surface area contributed by atoms with E-state index in [0.717, 1.165) is 11.1 Å². The van der Waals surface area contributed by atoms with Crippen molar-refractivity contribution in [1.82, 2.24) is 16.0 Å². The molecule has 0 spiro atoms. The quantitative estimate of drug-likeness (QED) is 0.189. The molecule has 3 rings (SSSR count). The molecule has 0 heterocycles. The number of thiocarbonyl (C=S) groups is 1. The molecule has 2 atom stereocenters. The molecule has 3 aromatic rings. The number of hydrogen-bond acceptors (Lipinski definition) is 5. The highest BCUT2D eigenvalue weighted by Gasteiger charge is 2.38. The Morgan fingerprint density at radius 2 is 1.45 bits per heavy atom. The normalized spacial score (nSPS) is 12.8. The van der Waals surface area contributed by atoms with E-state index in [1.54, 1.807) is 26.0 Å². The van der Waals surface area contributed by atoms with Crippen LogP contribution >= 0.6 is 19.8 Å². The number of rotatable bonds is 13. The van der Waals surface area contributed by atoms with E-state index >= 15 is 0 Å². The van der Waals surface area contributed by atoms with E-state index in [2.05, 4.69) is 16.0 Å². The fourth-order valence-corrected chi connectivity index (χ4v) is 6.09. The highest BCUT2D eigenvalue weighted by atomic mass is 32.1. The maximum Gasteiger partial charge on any atom is 0.357 e. The van der Waals surface area contributed by atoms with Gasteiger partial charge in [0.1, 0.15) is 11.9 Å². The first-order valence-electron chi connectivity index (χ1n) is 12.4. The summed E-state index contributed by atoms with van der Waals surface area (Å²) in [5, 5.41) is 9.17. The maximum absolute atomic E-state index is 13.7. The van der Waals surface area contributed by atoms with Crippen molar-refractivity contribution in [2.45, 2.75) is 38.6 Å². The van der Waals surface area contributed by atoms with Gasteiger partial charge in [-0.1, -0.05) is 72.8 Å². The third kappa shape index (κ3) is 8.74. The lowest BCUT2D eigenvalue weighted by molar-refractivity contribution is -0.122. The molecular formula is C28H33FN3O4PS. The van der Waals surface area contributed by atoms with Crippen molar-refractivity contribution in [2.75, 3.05) is 13.2 Å². The SMILES string of the molecule is CCOP(=O)(OCC)C(NC(=S)N[C@@H](Cc1ccccc1)C(=O)NCc1ccc(F)cc1)c1ccccc1. The van der Waals surface area contributed by atoms with Gasteiger partial charge in [-0.25, -0.2) is 4.39 Å². The first-order chi connectivity index (χ1) is 18.3. The van der Waals surface area contributed by atoms with Gasteiger partial charge in [0, 0.05) is 13.0 Å². The first kappa shape index (κ1) is 29.5. The Balaban J connectivity index is 1.79. The fraction of sp³-hybridized carbons (Fsp3) is 0.286. The van der Waals surface area contributed by atoms with Gasteiger partial charge in [-0.15, -0.1) is 0 Å². The van der Waals surface area contributed by atoms with Crippen LogP contribution in [-0.4, -0.2) is 30.3 Å². The minimum atomic E-state index is -3.67. The standard InChI is InChI=1S/C28H33FN3O4PS/c1-3-35-37(34,36-4-2)27(23-13-9-6-10-14-23)32-28(38)31-25(19-21-11-7-5-8-12-21)26(33)30-20-22-15-17-24(29)18-16-22/h5-18,25,27H,3-4,19-20H2,1-2H3,(H,30,33)(H2,31,32,38)/t25-,27?/m0/s1. The smallest absolute Gasteiger partial charge is 0.351 e. The van der Waals surface area contributed by atoms with E-state index in [1.165, 1.54) is 12.1 Å². The molecule has 0 aromatic heterocycles. The van der Waals surface area contributed by atoms with Crippen molar-refractivity contribution in [3.05, 3.63) is 107 Å². The third-order valence-electron chi connectivity index (χ3n) is 5.60. The average molecular weight is 558 g/mol. The zero-order chi connectivity index (χ0) is 27.4. The second-order valence-corrected chi connectivity index (χ2v) is 10.9. The van der Waals surface area contributed by atoms with Gasteiger partial charge in [-0.05, 0) is 54.9 Å². The molecule has 0 radical (unpaired) electrons. The highest BCUT2D eigenvalue weighted by Crippen LogP contribution is 2.59. The average Bonchev–Trinajstić information content (AvgIpc) is 2.92. The minimum Gasteiger partial charge on any atom is -0.351 e. The van der Waals surface area contributed by atoms with Crippen molar-refractivity contribution in [2.24, 2.45) is 0 Å². The fourth-order valence-electron chi connectivity index (χ4n) is 3.82. The van der Waals surface area contributed by atoms with Gasteiger partial charge in [-0.3, -0.25) is 9.36 Å². The molecule has 0 saturated heterocycles. The molecule has 0 bridgehead atoms. The summed E-state index contributed by atoms with van der Waals surface area (Å²) in [6, 6.07) is 23.8. The summed E-state index contributed by atoms with van der Waals surface area (Å²) in [5.74, 6) is -1.52. The number of carbonyl (C=O) groups excluding carboxylic acids is 1. The molecule has 202 valence electrons. The molecule has 7 nitrogen and oxygen atoms in total. The van der Waals surface area contributed by atoms with Gasteiger partial charge < -0.3 is 25.0 Å². The Hall–Kier alpha value is -3.10. The first-order valence-corrected chi connectivity index (χ1v) is 14.4. The topological polar surface area (TPSA) is 88.7 Å². The van der Waals surface area contributed by atoms with Crippen molar-refractivity contribution in [3.8, 4) is 0 Å². The van der Waals surface area contributed by atoms with Crippen LogP contribution in [-0.2, 0) is 31.4 Å². The number of amides is 1. The molecule has 1 unspecified atom stereocenters. The Bertz CT molecular complexity index is 1210. The Kier molecular flexibility index (Phi) is 11.4. The van der Waals surface area contributed by atoms with Crippen LogP contribution in [0.25, 0.3) is 0 Å². The van der Waals surface area contributed by atoms with Crippen molar-refractivity contribution in [3.63, 3.8) is 0 Å². The summed E-state index contributed by atoms with van der Waals surface area (Å²) in [6.45, 7) is 4.08. The zero-order valence-corrected chi connectivity index (χ0v) is 23.1. The zero-order valence-electron chi connectivity index (χ0n) is 21.4. The van der Waals surface area contributed by atoms with Crippen LogP contribution in [0.5, 0.6) is 0 Å². The van der Waals surface area contributed by atoms with E-state index in [1.807, 2.05) is 60.7 Å². The van der Waals surface area contributed by atoms with E-state index in [4.69, 9.17) is 21.3 Å². The summed E-state index contributed by atoms with van der Waals surface area (Å²) in [4.78, 5) is 13.2. The lowest BCUT2D eigenvalue weighted by Crippen LogP contribution is -2.51. The molecule has 10 heteroatoms. The van der Waals surface area contributed by atoms with Crippen LogP contribution in [0, 0.1) is 5.82 Å². The summed E-state index contributed by atoms with van der Waals surface area (Å²) in [6.07, 6.45) is 0.350. The molecule has 1 amide bonds. The number of carbonyl (C=O) groups is 1. The van der Waals surface area contributed by atoms with E-state index in [0.29, 0.717) is 12.0 Å². The Labute approximate surface area is 228 Å². The molecule has 38 heavy (non-hydrogen) atoms. The molecule has 0 aliphatic carbocycles. The lowest BCUT2D eigenvalue weighted by atomic mass is 10.1. The number of benzene rings is 3. The molecule has 0 aliphatic rings. The molecule has 0 aliphatic heterocycles. The predicted octanol–water partition coefficient (Wildman–Crippen LogP) is 5.48. The van der Waals surface area contributed by atoms with Gasteiger partial charge in [0.15, 0.2) is 10.9 Å². The van der Waals surface area contributed by atoms with Gasteiger partial charge in [0.2, 0.25) is 5.91 Å². The highest BCUT2D eigenvalue weighted by molar-refractivity contribution is 7.80. The lowest BCUT2D eigenvalue weighted by Gasteiger charge is -2.29. The monoisotopic (exact) mass is 557 g/mol. The van der Waals surface area contributed by atoms with Gasteiger partial charge in [0.05, 0.1) is 13.2 Å². The van der Waals surface area contributed by atoms with Crippen LogP contribution in [0.4, 0.5) is 4.39 Å². The molecule has 3 aromatic carbocycles. The van der Waals surface area contributed by atoms with E-state index in [9.17, 15) is 13.8 Å². The summed E-state index contributed by atoms with van der Waals surface area (Å²) >= 11 is 5.59.